The minimum Gasteiger partial charge on any atom is -0.383 e. The third-order valence-electron chi connectivity index (χ3n) is 3.77. The lowest BCUT2D eigenvalue weighted by Gasteiger charge is -2.14. The molecule has 0 bridgehead atoms. The second-order valence-electron chi connectivity index (χ2n) is 5.15. The lowest BCUT2D eigenvalue weighted by Crippen LogP contribution is -2.07. The van der Waals surface area contributed by atoms with Crippen molar-refractivity contribution in [3.63, 3.8) is 0 Å². The Labute approximate surface area is 138 Å². The van der Waals surface area contributed by atoms with E-state index in [0.29, 0.717) is 34.5 Å². The molecule has 1 aromatic carbocycles. The Morgan fingerprint density at radius 3 is 2.77 bits per heavy atom. The maximum absolute atomic E-state index is 9.36. The lowest BCUT2D eigenvalue weighted by atomic mass is 9.93. The topological polar surface area (TPSA) is 71.9 Å². The summed E-state index contributed by atoms with van der Waals surface area (Å²) >= 11 is 12.2. The Bertz CT molecular complexity index is 765. The van der Waals surface area contributed by atoms with Crippen LogP contribution in [0.15, 0.2) is 24.3 Å². The molecule has 1 aliphatic rings. The van der Waals surface area contributed by atoms with Crippen LogP contribution in [0.3, 0.4) is 0 Å². The average Bonchev–Trinajstić information content (AvgIpc) is 3.00. The third-order valence-corrected chi connectivity index (χ3v) is 4.31. The third kappa shape index (κ3) is 2.76. The summed E-state index contributed by atoms with van der Waals surface area (Å²) in [6.45, 7) is 1.28. The molecule has 0 radical (unpaired) electrons. The molecule has 6 heteroatoms. The first-order valence-corrected chi connectivity index (χ1v) is 7.59. The Balaban J connectivity index is 2.15. The summed E-state index contributed by atoms with van der Waals surface area (Å²) in [7, 11) is 0. The van der Waals surface area contributed by atoms with E-state index in [0.717, 1.165) is 17.5 Å². The predicted octanol–water partition coefficient (Wildman–Crippen LogP) is 4.01. The number of nitrogen functional groups attached to an aromatic ring is 1. The van der Waals surface area contributed by atoms with Gasteiger partial charge in [0.1, 0.15) is 11.9 Å². The zero-order chi connectivity index (χ0) is 15.7. The van der Waals surface area contributed by atoms with E-state index in [4.69, 9.17) is 33.7 Å². The maximum Gasteiger partial charge on any atom is 0.142 e. The quantitative estimate of drug-likeness (QED) is 0.900. The average molecular weight is 334 g/mol. The summed E-state index contributed by atoms with van der Waals surface area (Å²) in [5.74, 6) is 0.373. The van der Waals surface area contributed by atoms with E-state index in [9.17, 15) is 5.26 Å². The van der Waals surface area contributed by atoms with Crippen LogP contribution < -0.4 is 5.73 Å². The van der Waals surface area contributed by atoms with Crippen LogP contribution in [0.1, 0.15) is 23.5 Å². The van der Waals surface area contributed by atoms with E-state index in [-0.39, 0.29) is 11.7 Å². The molecule has 0 unspecified atom stereocenters. The van der Waals surface area contributed by atoms with Gasteiger partial charge in [-0.1, -0.05) is 23.2 Å². The molecule has 1 aliphatic heterocycles. The molecule has 1 atom stereocenters. The van der Waals surface area contributed by atoms with Gasteiger partial charge in [0, 0.05) is 23.1 Å². The Morgan fingerprint density at radius 1 is 1.32 bits per heavy atom. The molecule has 112 valence electrons. The van der Waals surface area contributed by atoms with E-state index >= 15 is 0 Å². The lowest BCUT2D eigenvalue weighted by molar-refractivity contribution is 0.194. The Morgan fingerprint density at radius 2 is 2.14 bits per heavy atom. The molecule has 0 spiro atoms. The summed E-state index contributed by atoms with van der Waals surface area (Å²) in [6, 6.07) is 9.23. The van der Waals surface area contributed by atoms with Crippen LogP contribution in [-0.4, -0.2) is 18.2 Å². The van der Waals surface area contributed by atoms with Crippen molar-refractivity contribution in [2.75, 3.05) is 18.9 Å². The van der Waals surface area contributed by atoms with Gasteiger partial charge in [0.25, 0.3) is 0 Å². The standard InChI is InChI=1S/C16H13Cl2N3O/c17-10-1-2-11(14(18)5-10)15-6-12(9-3-4-22-8-9)13(7-19)16(20)21-15/h1-2,5-6,9H,3-4,8H2,(H2,20,21)/t9-/m1/s1. The predicted molar refractivity (Wildman–Crippen MR) is 87.0 cm³/mol. The zero-order valence-corrected chi connectivity index (χ0v) is 13.2. The van der Waals surface area contributed by atoms with Crippen LogP contribution >= 0.6 is 23.2 Å². The highest BCUT2D eigenvalue weighted by Crippen LogP contribution is 2.35. The molecule has 4 nitrogen and oxygen atoms in total. The number of hydrogen-bond donors (Lipinski definition) is 1. The number of rotatable bonds is 2. The Hall–Kier alpha value is -1.80. The number of pyridine rings is 1. The molecular formula is C16H13Cl2N3O. The first-order chi connectivity index (χ1) is 10.6. The number of nitrogens with zero attached hydrogens (tertiary/aromatic N) is 2. The number of anilines is 1. The highest BCUT2D eigenvalue weighted by atomic mass is 35.5. The van der Waals surface area contributed by atoms with E-state index < -0.39 is 0 Å². The fourth-order valence-corrected chi connectivity index (χ4v) is 3.15. The summed E-state index contributed by atoms with van der Waals surface area (Å²) < 4.78 is 5.42. The van der Waals surface area contributed by atoms with E-state index in [1.54, 1.807) is 18.2 Å². The van der Waals surface area contributed by atoms with Crippen LogP contribution in [0.4, 0.5) is 5.82 Å². The maximum atomic E-state index is 9.36. The molecule has 22 heavy (non-hydrogen) atoms. The van der Waals surface area contributed by atoms with Crippen molar-refractivity contribution in [1.82, 2.24) is 4.98 Å². The molecule has 1 fully saturated rings. The molecule has 0 amide bonds. The summed E-state index contributed by atoms with van der Waals surface area (Å²) in [4.78, 5) is 4.32. The van der Waals surface area contributed by atoms with Crippen molar-refractivity contribution in [3.05, 3.63) is 45.4 Å². The monoisotopic (exact) mass is 333 g/mol. The first-order valence-electron chi connectivity index (χ1n) is 6.84. The van der Waals surface area contributed by atoms with Crippen molar-refractivity contribution < 1.29 is 4.74 Å². The smallest absolute Gasteiger partial charge is 0.142 e. The van der Waals surface area contributed by atoms with Crippen LogP contribution in [-0.2, 0) is 4.74 Å². The van der Waals surface area contributed by atoms with Crippen molar-refractivity contribution in [1.29, 1.82) is 5.26 Å². The molecular weight excluding hydrogens is 321 g/mol. The summed E-state index contributed by atoms with van der Waals surface area (Å²) in [6.07, 6.45) is 0.867. The number of halogens is 2. The van der Waals surface area contributed by atoms with Gasteiger partial charge in [-0.05, 0) is 36.2 Å². The van der Waals surface area contributed by atoms with Gasteiger partial charge in [-0.25, -0.2) is 4.98 Å². The van der Waals surface area contributed by atoms with Gasteiger partial charge in [0.05, 0.1) is 22.9 Å². The van der Waals surface area contributed by atoms with E-state index in [1.807, 2.05) is 6.07 Å². The number of benzene rings is 1. The van der Waals surface area contributed by atoms with E-state index in [1.165, 1.54) is 0 Å². The van der Waals surface area contributed by atoms with Crippen LogP contribution in [0.25, 0.3) is 11.3 Å². The number of aromatic nitrogens is 1. The van der Waals surface area contributed by atoms with Crippen LogP contribution in [0.5, 0.6) is 0 Å². The molecule has 1 saturated heterocycles. The largest absolute Gasteiger partial charge is 0.383 e. The van der Waals surface area contributed by atoms with Gasteiger partial charge in [0.2, 0.25) is 0 Å². The second kappa shape index (κ2) is 6.13. The Kier molecular flexibility index (Phi) is 4.21. The van der Waals surface area contributed by atoms with Gasteiger partial charge in [0.15, 0.2) is 0 Å². The zero-order valence-electron chi connectivity index (χ0n) is 11.6. The van der Waals surface area contributed by atoms with Gasteiger partial charge in [-0.15, -0.1) is 0 Å². The number of ether oxygens (including phenoxy) is 1. The minimum atomic E-state index is 0.157. The first kappa shape index (κ1) is 15.1. The summed E-state index contributed by atoms with van der Waals surface area (Å²) in [5, 5.41) is 10.4. The van der Waals surface area contributed by atoms with Gasteiger partial charge >= 0.3 is 0 Å². The van der Waals surface area contributed by atoms with Crippen LogP contribution in [0.2, 0.25) is 10.0 Å². The highest BCUT2D eigenvalue weighted by Gasteiger charge is 2.24. The van der Waals surface area contributed by atoms with Crippen molar-refractivity contribution in [2.45, 2.75) is 12.3 Å². The normalized spacial score (nSPS) is 17.4. The summed E-state index contributed by atoms with van der Waals surface area (Å²) in [5.41, 5.74) is 8.64. The molecule has 1 aromatic heterocycles. The molecule has 2 aromatic rings. The van der Waals surface area contributed by atoms with Crippen LogP contribution in [0, 0.1) is 11.3 Å². The number of hydrogen-bond acceptors (Lipinski definition) is 4. The molecule has 0 saturated carbocycles. The van der Waals surface area contributed by atoms with Crippen molar-refractivity contribution in [2.24, 2.45) is 0 Å². The molecule has 2 heterocycles. The van der Waals surface area contributed by atoms with Crippen molar-refractivity contribution >= 4 is 29.0 Å². The molecule has 3 rings (SSSR count). The fraction of sp³-hybridized carbons (Fsp3) is 0.250. The SMILES string of the molecule is N#Cc1c([C@@H]2CCOC2)cc(-c2ccc(Cl)cc2Cl)nc1N. The highest BCUT2D eigenvalue weighted by molar-refractivity contribution is 6.36. The second-order valence-corrected chi connectivity index (χ2v) is 6.00. The van der Waals surface area contributed by atoms with Gasteiger partial charge in [-0.2, -0.15) is 5.26 Å². The van der Waals surface area contributed by atoms with Gasteiger partial charge in [-0.3, -0.25) is 0 Å². The number of nitrogens with two attached hydrogens (primary N) is 1. The minimum absolute atomic E-state index is 0.157. The van der Waals surface area contributed by atoms with Crippen molar-refractivity contribution in [3.8, 4) is 17.3 Å². The molecule has 2 N–H and O–H groups in total. The number of nitriles is 1. The molecule has 0 aliphatic carbocycles. The van der Waals surface area contributed by atoms with Gasteiger partial charge < -0.3 is 10.5 Å². The fourth-order valence-electron chi connectivity index (χ4n) is 2.64. The van der Waals surface area contributed by atoms with E-state index in [2.05, 4.69) is 11.1 Å².